The fraction of sp³-hybridized carbons (Fsp3) is 0.667. The molecule has 10 heteroatoms. The van der Waals surface area contributed by atoms with Crippen molar-refractivity contribution in [2.45, 2.75) is 89.6 Å². The van der Waals surface area contributed by atoms with E-state index in [9.17, 15) is 14.4 Å². The van der Waals surface area contributed by atoms with E-state index < -0.39 is 36.8 Å². The summed E-state index contributed by atoms with van der Waals surface area (Å²) in [5.74, 6) is -1.41. The van der Waals surface area contributed by atoms with Crippen LogP contribution in [0.3, 0.4) is 0 Å². The van der Waals surface area contributed by atoms with Crippen LogP contribution in [0.5, 0.6) is 11.5 Å². The zero-order chi connectivity index (χ0) is 24.5. The maximum atomic E-state index is 13.1. The average molecular weight is 479 g/mol. The van der Waals surface area contributed by atoms with Gasteiger partial charge in [-0.1, -0.05) is 25.7 Å². The second kappa shape index (κ2) is 12.5. The summed E-state index contributed by atoms with van der Waals surface area (Å²) in [5.41, 5.74) is -0.0883. The summed E-state index contributed by atoms with van der Waals surface area (Å²) in [6.45, 7) is 2.67. The van der Waals surface area contributed by atoms with Crippen LogP contribution in [0, 0.1) is 0 Å². The maximum absolute atomic E-state index is 13.1. The number of aromatic nitrogens is 1. The Kier molecular flexibility index (Phi) is 9.50. The van der Waals surface area contributed by atoms with Gasteiger partial charge < -0.3 is 29.0 Å². The largest absolute Gasteiger partial charge is 0.493 e. The first kappa shape index (κ1) is 25.7. The van der Waals surface area contributed by atoms with Crippen LogP contribution in [0.4, 0.5) is 0 Å². The molecule has 1 aliphatic carbocycles. The van der Waals surface area contributed by atoms with Crippen LogP contribution in [0.25, 0.3) is 0 Å². The second-order valence-electron chi connectivity index (χ2n) is 8.62. The molecule has 0 spiro atoms. The molecule has 1 N–H and O–H groups in total. The molecule has 1 aromatic heterocycles. The van der Waals surface area contributed by atoms with Crippen molar-refractivity contribution in [3.05, 3.63) is 18.0 Å². The highest BCUT2D eigenvalue weighted by molar-refractivity contribution is 5.98. The van der Waals surface area contributed by atoms with Gasteiger partial charge in [-0.3, -0.25) is 9.59 Å². The smallest absolute Gasteiger partial charge is 0.329 e. The molecular formula is C24H34N2O8. The van der Waals surface area contributed by atoms with Crippen molar-refractivity contribution >= 4 is 17.8 Å². The molecular weight excluding hydrogens is 444 g/mol. The SMILES string of the molecule is COc1ccnc(C(=O)N[C@H]2CCCC[C@@H](OC3CCCC3)[C@H](C)OC2=O)c1OCOC(C)=O. The van der Waals surface area contributed by atoms with Gasteiger partial charge in [-0.2, -0.15) is 0 Å². The number of hydrogen-bond donors (Lipinski definition) is 1. The zero-order valence-corrected chi connectivity index (χ0v) is 20.0. The quantitative estimate of drug-likeness (QED) is 0.444. The monoisotopic (exact) mass is 478 g/mol. The lowest BCUT2D eigenvalue weighted by Crippen LogP contribution is -2.44. The Bertz CT molecular complexity index is 855. The molecule has 1 saturated carbocycles. The van der Waals surface area contributed by atoms with Gasteiger partial charge in [-0.05, 0) is 32.6 Å². The molecule has 0 aromatic carbocycles. The molecule has 0 radical (unpaired) electrons. The number of nitrogens with zero attached hydrogens (tertiary/aromatic N) is 1. The Morgan fingerprint density at radius 3 is 2.56 bits per heavy atom. The molecule has 188 valence electrons. The van der Waals surface area contributed by atoms with E-state index in [1.807, 2.05) is 6.92 Å². The van der Waals surface area contributed by atoms with Crippen LogP contribution < -0.4 is 14.8 Å². The predicted molar refractivity (Wildman–Crippen MR) is 120 cm³/mol. The normalized spacial score (nSPS) is 23.7. The van der Waals surface area contributed by atoms with Crippen LogP contribution in [0.1, 0.15) is 75.7 Å². The Balaban J connectivity index is 1.67. The highest BCUT2D eigenvalue weighted by Crippen LogP contribution is 2.30. The summed E-state index contributed by atoms with van der Waals surface area (Å²) in [5, 5.41) is 2.72. The van der Waals surface area contributed by atoms with E-state index >= 15 is 0 Å². The number of carbonyl (C=O) groups excluding carboxylic acids is 3. The third-order valence-corrected chi connectivity index (χ3v) is 6.09. The zero-order valence-electron chi connectivity index (χ0n) is 20.0. The minimum Gasteiger partial charge on any atom is -0.493 e. The van der Waals surface area contributed by atoms with Crippen LogP contribution in [-0.4, -0.2) is 61.1 Å². The average Bonchev–Trinajstić information content (AvgIpc) is 3.33. The summed E-state index contributed by atoms with van der Waals surface area (Å²) in [6, 6.07) is 0.676. The number of pyridine rings is 1. The number of rotatable bonds is 8. The molecule has 2 aliphatic rings. The molecule has 2 heterocycles. The Hall–Kier alpha value is -2.88. The van der Waals surface area contributed by atoms with Crippen LogP contribution in [0.15, 0.2) is 12.3 Å². The van der Waals surface area contributed by atoms with Gasteiger partial charge in [0.05, 0.1) is 19.3 Å². The van der Waals surface area contributed by atoms with Crippen molar-refractivity contribution in [1.82, 2.24) is 10.3 Å². The van der Waals surface area contributed by atoms with Crippen LogP contribution in [0.2, 0.25) is 0 Å². The van der Waals surface area contributed by atoms with Crippen LogP contribution in [-0.2, 0) is 23.8 Å². The summed E-state index contributed by atoms with van der Waals surface area (Å²) in [7, 11) is 1.41. The van der Waals surface area contributed by atoms with E-state index in [-0.39, 0.29) is 29.4 Å². The lowest BCUT2D eigenvalue weighted by atomic mass is 10.0. The van der Waals surface area contributed by atoms with Crippen molar-refractivity contribution in [2.75, 3.05) is 13.9 Å². The molecule has 0 unspecified atom stereocenters. The maximum Gasteiger partial charge on any atom is 0.329 e. The Morgan fingerprint density at radius 1 is 1.15 bits per heavy atom. The van der Waals surface area contributed by atoms with Gasteiger partial charge >= 0.3 is 11.9 Å². The van der Waals surface area contributed by atoms with E-state index in [1.165, 1.54) is 39.1 Å². The number of esters is 2. The molecule has 1 aromatic rings. The highest BCUT2D eigenvalue weighted by atomic mass is 16.7. The van der Waals surface area contributed by atoms with E-state index in [0.717, 1.165) is 32.1 Å². The van der Waals surface area contributed by atoms with Crippen molar-refractivity contribution < 1.29 is 38.1 Å². The first-order valence-corrected chi connectivity index (χ1v) is 11.8. The number of nitrogens with one attached hydrogen (secondary N) is 1. The molecule has 1 amide bonds. The highest BCUT2D eigenvalue weighted by Gasteiger charge is 2.32. The van der Waals surface area contributed by atoms with Gasteiger partial charge in [0.1, 0.15) is 12.1 Å². The molecule has 1 saturated heterocycles. The van der Waals surface area contributed by atoms with Gasteiger partial charge in [0, 0.05) is 19.2 Å². The molecule has 1 aliphatic heterocycles. The van der Waals surface area contributed by atoms with Gasteiger partial charge in [0.2, 0.25) is 6.79 Å². The third-order valence-electron chi connectivity index (χ3n) is 6.09. The molecule has 34 heavy (non-hydrogen) atoms. The molecule has 0 bridgehead atoms. The van der Waals surface area contributed by atoms with Crippen LogP contribution >= 0.6 is 0 Å². The van der Waals surface area contributed by atoms with Crippen molar-refractivity contribution in [1.29, 1.82) is 0 Å². The van der Waals surface area contributed by atoms with E-state index in [1.54, 1.807) is 0 Å². The van der Waals surface area contributed by atoms with Gasteiger partial charge in [-0.15, -0.1) is 0 Å². The van der Waals surface area contributed by atoms with Gasteiger partial charge in [0.25, 0.3) is 5.91 Å². The number of cyclic esters (lactones) is 1. The summed E-state index contributed by atoms with van der Waals surface area (Å²) in [6.07, 6.45) is 8.32. The van der Waals surface area contributed by atoms with Crippen molar-refractivity contribution in [3.8, 4) is 11.5 Å². The minimum atomic E-state index is -0.838. The number of amides is 1. The van der Waals surface area contributed by atoms with Gasteiger partial charge in [-0.25, -0.2) is 9.78 Å². The fourth-order valence-corrected chi connectivity index (χ4v) is 4.26. The number of hydrogen-bond acceptors (Lipinski definition) is 9. The fourth-order valence-electron chi connectivity index (χ4n) is 4.26. The van der Waals surface area contributed by atoms with Gasteiger partial charge in [0.15, 0.2) is 17.2 Å². The predicted octanol–water partition coefficient (Wildman–Crippen LogP) is 2.92. The minimum absolute atomic E-state index is 0.0126. The lowest BCUT2D eigenvalue weighted by molar-refractivity contribution is -0.161. The van der Waals surface area contributed by atoms with Crippen molar-refractivity contribution in [3.63, 3.8) is 0 Å². The first-order valence-electron chi connectivity index (χ1n) is 11.8. The standard InChI is InChI=1S/C24H34N2O8/c1-15-19(34-17-8-4-5-9-17)11-7-6-10-18(24(29)33-15)26-23(28)21-22(32-14-31-16(2)27)20(30-3)12-13-25-21/h12-13,15,17-19H,4-11,14H2,1-3H3,(H,26,28)/t15-,18-,19+/m0/s1. The van der Waals surface area contributed by atoms with E-state index in [4.69, 9.17) is 23.7 Å². The Morgan fingerprint density at radius 2 is 1.85 bits per heavy atom. The first-order chi connectivity index (χ1) is 16.4. The molecule has 3 atom stereocenters. The third kappa shape index (κ3) is 7.06. The molecule has 3 rings (SSSR count). The molecule has 10 nitrogen and oxygen atoms in total. The molecule has 2 fully saturated rings. The number of carbonyl (C=O) groups is 3. The summed E-state index contributed by atoms with van der Waals surface area (Å²) < 4.78 is 27.4. The Labute approximate surface area is 199 Å². The summed E-state index contributed by atoms with van der Waals surface area (Å²) >= 11 is 0. The van der Waals surface area contributed by atoms with E-state index in [0.29, 0.717) is 6.42 Å². The number of ether oxygens (including phenoxy) is 5. The summed E-state index contributed by atoms with van der Waals surface area (Å²) in [4.78, 5) is 41.1. The lowest BCUT2D eigenvalue weighted by Gasteiger charge is -2.27. The van der Waals surface area contributed by atoms with E-state index in [2.05, 4.69) is 10.3 Å². The second-order valence-corrected chi connectivity index (χ2v) is 8.62. The number of methoxy groups -OCH3 is 1. The van der Waals surface area contributed by atoms with Crippen molar-refractivity contribution in [2.24, 2.45) is 0 Å². The topological polar surface area (TPSA) is 122 Å².